The average molecular weight is 290 g/mol. The van der Waals surface area contributed by atoms with E-state index in [1.54, 1.807) is 6.08 Å². The first-order valence-electron chi connectivity index (χ1n) is 7.08. The van der Waals surface area contributed by atoms with Gasteiger partial charge in [0.15, 0.2) is 0 Å². The summed E-state index contributed by atoms with van der Waals surface area (Å²) in [7, 11) is 3.92. The molecule has 0 heterocycles. The third-order valence-corrected chi connectivity index (χ3v) is 3.70. The number of allylic oxidation sites excluding steroid dienone is 1. The van der Waals surface area contributed by atoms with Crippen molar-refractivity contribution in [1.29, 1.82) is 0 Å². The van der Waals surface area contributed by atoms with Crippen LogP contribution in [0.4, 0.5) is 11.4 Å². The molecule has 21 heavy (non-hydrogen) atoms. The van der Waals surface area contributed by atoms with Gasteiger partial charge >= 0.3 is 0 Å². The highest BCUT2D eigenvalue weighted by molar-refractivity contribution is 5.99. The highest BCUT2D eigenvalue weighted by Crippen LogP contribution is 2.27. The Morgan fingerprint density at radius 1 is 1.19 bits per heavy atom. The molecule has 1 aliphatic carbocycles. The van der Waals surface area contributed by atoms with E-state index in [4.69, 9.17) is 0 Å². The minimum atomic E-state index is -0.679. The van der Waals surface area contributed by atoms with Gasteiger partial charge in [0.05, 0.1) is 12.2 Å². The number of aliphatic hydroxyl groups excluding tert-OH is 2. The van der Waals surface area contributed by atoms with E-state index in [-0.39, 0.29) is 11.8 Å². The molecule has 1 saturated carbocycles. The minimum absolute atomic E-state index is 0.0527. The first-order chi connectivity index (χ1) is 9.95. The predicted molar refractivity (Wildman–Crippen MR) is 83.3 cm³/mol. The third kappa shape index (κ3) is 4.31. The number of aliphatic hydroxyl groups is 2. The van der Waals surface area contributed by atoms with Crippen LogP contribution in [0.15, 0.2) is 36.4 Å². The molecule has 0 saturated heterocycles. The van der Waals surface area contributed by atoms with Gasteiger partial charge in [0.25, 0.3) is 0 Å². The Kier molecular flexibility index (Phi) is 4.98. The summed E-state index contributed by atoms with van der Waals surface area (Å²) >= 11 is 0. The molecule has 3 N–H and O–H groups in total. The zero-order chi connectivity index (χ0) is 15.4. The van der Waals surface area contributed by atoms with Crippen LogP contribution in [0, 0.1) is 5.92 Å². The Morgan fingerprint density at radius 2 is 1.76 bits per heavy atom. The summed E-state index contributed by atoms with van der Waals surface area (Å²) < 4.78 is 0. The number of nitrogens with zero attached hydrogens (tertiary/aromatic N) is 1. The first-order valence-corrected chi connectivity index (χ1v) is 7.08. The SMILES string of the molecule is CN(C)c1ccc(NC(=O)/C=C/C2C[C@@H](O)[C@@H](O)C2)cc1. The Labute approximate surface area is 124 Å². The van der Waals surface area contributed by atoms with Crippen LogP contribution in [0.3, 0.4) is 0 Å². The van der Waals surface area contributed by atoms with E-state index in [9.17, 15) is 15.0 Å². The monoisotopic (exact) mass is 290 g/mol. The van der Waals surface area contributed by atoms with Gasteiger partial charge < -0.3 is 20.4 Å². The van der Waals surface area contributed by atoms with Gasteiger partial charge in [0.1, 0.15) is 0 Å². The number of nitrogens with one attached hydrogen (secondary N) is 1. The Hall–Kier alpha value is -1.85. The summed E-state index contributed by atoms with van der Waals surface area (Å²) in [6.07, 6.45) is 2.87. The van der Waals surface area contributed by atoms with Crippen molar-refractivity contribution < 1.29 is 15.0 Å². The lowest BCUT2D eigenvalue weighted by molar-refractivity contribution is -0.111. The molecule has 1 aromatic rings. The molecular weight excluding hydrogens is 268 g/mol. The summed E-state index contributed by atoms with van der Waals surface area (Å²) in [5, 5.41) is 21.7. The summed E-state index contributed by atoms with van der Waals surface area (Å²) in [4.78, 5) is 13.8. The van der Waals surface area contributed by atoms with Crippen LogP contribution < -0.4 is 10.2 Å². The lowest BCUT2D eigenvalue weighted by Crippen LogP contribution is -2.17. The van der Waals surface area contributed by atoms with Crippen LogP contribution in [0.1, 0.15) is 12.8 Å². The number of carbonyl (C=O) groups is 1. The largest absolute Gasteiger partial charge is 0.390 e. The number of rotatable bonds is 4. The molecule has 1 fully saturated rings. The van der Waals surface area contributed by atoms with E-state index in [1.807, 2.05) is 43.3 Å². The highest BCUT2D eigenvalue weighted by atomic mass is 16.3. The minimum Gasteiger partial charge on any atom is -0.390 e. The fourth-order valence-corrected chi connectivity index (χ4v) is 2.44. The molecule has 1 aliphatic rings. The topological polar surface area (TPSA) is 72.8 Å². The fourth-order valence-electron chi connectivity index (χ4n) is 2.44. The van der Waals surface area contributed by atoms with E-state index in [1.165, 1.54) is 6.08 Å². The zero-order valence-electron chi connectivity index (χ0n) is 12.4. The van der Waals surface area contributed by atoms with Crippen molar-refractivity contribution in [2.75, 3.05) is 24.3 Å². The van der Waals surface area contributed by atoms with Gasteiger partial charge in [-0.05, 0) is 49.1 Å². The van der Waals surface area contributed by atoms with E-state index >= 15 is 0 Å². The molecular formula is C16H22N2O3. The van der Waals surface area contributed by atoms with Gasteiger partial charge in [0.2, 0.25) is 5.91 Å². The zero-order valence-corrected chi connectivity index (χ0v) is 12.4. The smallest absolute Gasteiger partial charge is 0.248 e. The van der Waals surface area contributed by atoms with Gasteiger partial charge in [-0.1, -0.05) is 6.08 Å². The third-order valence-electron chi connectivity index (χ3n) is 3.70. The van der Waals surface area contributed by atoms with E-state index in [0.29, 0.717) is 12.8 Å². The van der Waals surface area contributed by atoms with Gasteiger partial charge in [0, 0.05) is 25.5 Å². The van der Waals surface area contributed by atoms with Crippen LogP contribution in [0.5, 0.6) is 0 Å². The summed E-state index contributed by atoms with van der Waals surface area (Å²) in [5.41, 5.74) is 1.80. The lowest BCUT2D eigenvalue weighted by atomic mass is 10.1. The van der Waals surface area contributed by atoms with Crippen LogP contribution in [0.2, 0.25) is 0 Å². The molecule has 1 aromatic carbocycles. The number of carbonyl (C=O) groups excluding carboxylic acids is 1. The van der Waals surface area contributed by atoms with Crippen molar-refractivity contribution in [2.24, 2.45) is 5.92 Å². The standard InChI is InChI=1S/C16H22N2O3/c1-18(2)13-6-4-12(5-7-13)17-16(21)8-3-11-9-14(19)15(20)10-11/h3-8,11,14-15,19-20H,9-10H2,1-2H3,(H,17,21)/b8-3+/t11?,14-,15+. The van der Waals surface area contributed by atoms with Crippen molar-refractivity contribution in [2.45, 2.75) is 25.0 Å². The van der Waals surface area contributed by atoms with Gasteiger partial charge in [-0.2, -0.15) is 0 Å². The Morgan fingerprint density at radius 3 is 2.29 bits per heavy atom. The molecule has 0 aromatic heterocycles. The molecule has 2 rings (SSSR count). The van der Waals surface area contributed by atoms with Crippen LogP contribution in [-0.4, -0.2) is 42.4 Å². The lowest BCUT2D eigenvalue weighted by Gasteiger charge is -2.12. The second-order valence-electron chi connectivity index (χ2n) is 5.66. The predicted octanol–water partition coefficient (Wildman–Crippen LogP) is 1.38. The first kappa shape index (κ1) is 15.5. The second kappa shape index (κ2) is 6.74. The van der Waals surface area contributed by atoms with E-state index in [2.05, 4.69) is 5.32 Å². The molecule has 1 unspecified atom stereocenters. The summed E-state index contributed by atoms with van der Waals surface area (Å²) in [5.74, 6) is -0.152. The van der Waals surface area contributed by atoms with Crippen molar-refractivity contribution in [3.63, 3.8) is 0 Å². The molecule has 5 heteroatoms. The Balaban J connectivity index is 1.87. The molecule has 1 amide bonds. The maximum absolute atomic E-state index is 11.8. The summed E-state index contributed by atoms with van der Waals surface area (Å²) in [6, 6.07) is 7.57. The van der Waals surface area contributed by atoms with Gasteiger partial charge in [-0.3, -0.25) is 4.79 Å². The second-order valence-corrected chi connectivity index (χ2v) is 5.66. The quantitative estimate of drug-likeness (QED) is 0.733. The molecule has 3 atom stereocenters. The molecule has 0 bridgehead atoms. The van der Waals surface area contributed by atoms with Crippen molar-refractivity contribution in [1.82, 2.24) is 0 Å². The normalized spacial score (nSPS) is 25.2. The number of amides is 1. The molecule has 5 nitrogen and oxygen atoms in total. The van der Waals surface area contributed by atoms with Gasteiger partial charge in [-0.25, -0.2) is 0 Å². The number of benzene rings is 1. The fraction of sp³-hybridized carbons (Fsp3) is 0.438. The maximum Gasteiger partial charge on any atom is 0.248 e. The summed E-state index contributed by atoms with van der Waals surface area (Å²) in [6.45, 7) is 0. The molecule has 0 radical (unpaired) electrons. The van der Waals surface area contributed by atoms with E-state index in [0.717, 1.165) is 11.4 Å². The average Bonchev–Trinajstić information content (AvgIpc) is 2.76. The van der Waals surface area contributed by atoms with Crippen molar-refractivity contribution in [3.05, 3.63) is 36.4 Å². The Bertz CT molecular complexity index is 501. The number of hydrogen-bond acceptors (Lipinski definition) is 4. The van der Waals surface area contributed by atoms with Crippen LogP contribution in [-0.2, 0) is 4.79 Å². The van der Waals surface area contributed by atoms with Crippen LogP contribution >= 0.6 is 0 Å². The molecule has 114 valence electrons. The number of anilines is 2. The molecule has 0 spiro atoms. The van der Waals surface area contributed by atoms with Gasteiger partial charge in [-0.15, -0.1) is 0 Å². The van der Waals surface area contributed by atoms with Crippen molar-refractivity contribution in [3.8, 4) is 0 Å². The molecule has 0 aliphatic heterocycles. The van der Waals surface area contributed by atoms with E-state index < -0.39 is 12.2 Å². The maximum atomic E-state index is 11.8. The van der Waals surface area contributed by atoms with Crippen molar-refractivity contribution >= 4 is 17.3 Å². The highest BCUT2D eigenvalue weighted by Gasteiger charge is 2.29. The van der Waals surface area contributed by atoms with Crippen LogP contribution in [0.25, 0.3) is 0 Å². The number of hydrogen-bond donors (Lipinski definition) is 3.